The number of rotatable bonds is 2. The van der Waals surface area contributed by atoms with Crippen molar-refractivity contribution in [1.82, 2.24) is 4.31 Å². The van der Waals surface area contributed by atoms with E-state index in [-0.39, 0.29) is 17.5 Å². The summed E-state index contributed by atoms with van der Waals surface area (Å²) in [5, 5.41) is 0. The van der Waals surface area contributed by atoms with Gasteiger partial charge in [0.25, 0.3) is 0 Å². The summed E-state index contributed by atoms with van der Waals surface area (Å²) in [6.07, 6.45) is 0. The molecule has 21 heavy (non-hydrogen) atoms. The van der Waals surface area contributed by atoms with E-state index in [9.17, 15) is 8.42 Å². The molecular formula is C15H20N2O3S. The van der Waals surface area contributed by atoms with Crippen molar-refractivity contribution in [1.29, 1.82) is 0 Å². The van der Waals surface area contributed by atoms with Crippen molar-refractivity contribution in [3.63, 3.8) is 0 Å². The molecule has 0 radical (unpaired) electrons. The van der Waals surface area contributed by atoms with Crippen LogP contribution in [0, 0.1) is 18.8 Å². The average molecular weight is 308 g/mol. The summed E-state index contributed by atoms with van der Waals surface area (Å²) < 4.78 is 32.5. The molecule has 0 bridgehead atoms. The summed E-state index contributed by atoms with van der Waals surface area (Å²) in [5.74, 6) is 5.59. The molecule has 0 aromatic heterocycles. The van der Waals surface area contributed by atoms with Crippen LogP contribution in [0.1, 0.15) is 18.1 Å². The van der Waals surface area contributed by atoms with Crippen molar-refractivity contribution in [3.8, 4) is 11.8 Å². The molecule has 6 heteroatoms. The van der Waals surface area contributed by atoms with Gasteiger partial charge in [0.05, 0.1) is 24.7 Å². The number of aryl methyl sites for hydroxylation is 1. The highest BCUT2D eigenvalue weighted by Crippen LogP contribution is 2.24. The van der Waals surface area contributed by atoms with Gasteiger partial charge in [0, 0.05) is 18.2 Å². The second kappa shape index (κ2) is 6.58. The van der Waals surface area contributed by atoms with Gasteiger partial charge in [0.2, 0.25) is 10.0 Å². The first-order chi connectivity index (χ1) is 9.96. The summed E-state index contributed by atoms with van der Waals surface area (Å²) in [4.78, 5) is 0.239. The number of hydrogen-bond donors (Lipinski definition) is 1. The van der Waals surface area contributed by atoms with Crippen LogP contribution in [0.25, 0.3) is 0 Å². The molecule has 2 rings (SSSR count). The van der Waals surface area contributed by atoms with Gasteiger partial charge >= 0.3 is 0 Å². The zero-order chi connectivity index (χ0) is 15.5. The van der Waals surface area contributed by atoms with E-state index >= 15 is 0 Å². The molecule has 1 aliphatic heterocycles. The van der Waals surface area contributed by atoms with E-state index in [0.717, 1.165) is 5.56 Å². The molecule has 114 valence electrons. The Hall–Kier alpha value is -1.39. The van der Waals surface area contributed by atoms with Crippen LogP contribution in [0.2, 0.25) is 0 Å². The highest BCUT2D eigenvalue weighted by atomic mass is 32.2. The van der Waals surface area contributed by atoms with Crippen molar-refractivity contribution in [2.45, 2.75) is 24.8 Å². The molecule has 2 N–H and O–H groups in total. The minimum Gasteiger partial charge on any atom is -0.378 e. The highest BCUT2D eigenvalue weighted by molar-refractivity contribution is 7.89. The smallest absolute Gasteiger partial charge is 0.244 e. The molecule has 1 aliphatic rings. The molecule has 5 nitrogen and oxygen atoms in total. The van der Waals surface area contributed by atoms with Crippen molar-refractivity contribution in [2.24, 2.45) is 5.73 Å². The lowest BCUT2D eigenvalue weighted by Gasteiger charge is -2.32. The Balaban J connectivity index is 2.49. The molecule has 1 saturated heterocycles. The van der Waals surface area contributed by atoms with Crippen LogP contribution in [0.15, 0.2) is 23.1 Å². The molecule has 0 aliphatic carbocycles. The minimum absolute atomic E-state index is 0.180. The number of nitrogens with zero attached hydrogens (tertiary/aromatic N) is 1. The van der Waals surface area contributed by atoms with E-state index in [1.165, 1.54) is 4.31 Å². The van der Waals surface area contributed by atoms with Crippen LogP contribution in [-0.4, -0.2) is 45.1 Å². The minimum atomic E-state index is -3.58. The Labute approximate surface area is 126 Å². The van der Waals surface area contributed by atoms with E-state index in [0.29, 0.717) is 25.3 Å². The Kier molecular flexibility index (Phi) is 5.01. The highest BCUT2D eigenvalue weighted by Gasteiger charge is 2.32. The second-order valence-corrected chi connectivity index (χ2v) is 6.90. The number of benzene rings is 1. The Morgan fingerprint density at radius 2 is 2.24 bits per heavy atom. The molecular weight excluding hydrogens is 288 g/mol. The topological polar surface area (TPSA) is 72.6 Å². The summed E-state index contributed by atoms with van der Waals surface area (Å²) in [7, 11) is -3.58. The molecule has 1 fully saturated rings. The largest absolute Gasteiger partial charge is 0.378 e. The Morgan fingerprint density at radius 3 is 2.90 bits per heavy atom. The lowest BCUT2D eigenvalue weighted by Crippen LogP contribution is -2.47. The van der Waals surface area contributed by atoms with Crippen LogP contribution >= 0.6 is 0 Å². The monoisotopic (exact) mass is 308 g/mol. The number of nitrogens with two attached hydrogens (primary N) is 1. The second-order valence-electron chi connectivity index (χ2n) is 5.05. The van der Waals surface area contributed by atoms with Crippen molar-refractivity contribution >= 4 is 10.0 Å². The summed E-state index contributed by atoms with van der Waals surface area (Å²) in [6, 6.07) is 5.00. The number of hydrogen-bond acceptors (Lipinski definition) is 4. The van der Waals surface area contributed by atoms with Gasteiger partial charge in [-0.05, 0) is 31.5 Å². The standard InChI is InChI=1S/C15H20N2O3S/c1-12-5-6-15(14(10-12)4-3-7-16)21(18,19)17-8-9-20-11-13(17)2/h5-6,10,13H,7-9,11,16H2,1-2H3. The van der Waals surface area contributed by atoms with E-state index in [2.05, 4.69) is 11.8 Å². The van der Waals surface area contributed by atoms with Crippen LogP contribution in [-0.2, 0) is 14.8 Å². The molecule has 0 spiro atoms. The quantitative estimate of drug-likeness (QED) is 0.817. The third-order valence-corrected chi connectivity index (χ3v) is 5.43. The number of sulfonamides is 1. The maximum Gasteiger partial charge on any atom is 0.244 e. The lowest BCUT2D eigenvalue weighted by atomic mass is 10.1. The molecule has 1 aromatic rings. The average Bonchev–Trinajstić information content (AvgIpc) is 2.45. The van der Waals surface area contributed by atoms with Gasteiger partial charge in [0.1, 0.15) is 0 Å². The van der Waals surface area contributed by atoms with E-state index in [1.807, 2.05) is 13.8 Å². The third-order valence-electron chi connectivity index (χ3n) is 3.35. The zero-order valence-corrected chi connectivity index (χ0v) is 13.1. The van der Waals surface area contributed by atoms with Gasteiger partial charge in [0.15, 0.2) is 0 Å². The first-order valence-electron chi connectivity index (χ1n) is 6.86. The SMILES string of the molecule is Cc1ccc(S(=O)(=O)N2CCOCC2C)c(C#CCN)c1. The number of ether oxygens (including phenoxy) is 1. The maximum atomic E-state index is 12.9. The van der Waals surface area contributed by atoms with Crippen LogP contribution < -0.4 is 5.73 Å². The van der Waals surface area contributed by atoms with E-state index in [4.69, 9.17) is 10.5 Å². The first-order valence-corrected chi connectivity index (χ1v) is 8.30. The van der Waals surface area contributed by atoms with Gasteiger partial charge in [-0.1, -0.05) is 17.9 Å². The lowest BCUT2D eigenvalue weighted by molar-refractivity contribution is 0.0392. The Morgan fingerprint density at radius 1 is 1.48 bits per heavy atom. The summed E-state index contributed by atoms with van der Waals surface area (Å²) >= 11 is 0. The van der Waals surface area contributed by atoms with Crippen molar-refractivity contribution in [3.05, 3.63) is 29.3 Å². The van der Waals surface area contributed by atoms with Gasteiger partial charge in [-0.25, -0.2) is 8.42 Å². The van der Waals surface area contributed by atoms with Gasteiger partial charge in [-0.2, -0.15) is 4.31 Å². The molecule has 1 heterocycles. The van der Waals surface area contributed by atoms with Crippen LogP contribution in [0.5, 0.6) is 0 Å². The summed E-state index contributed by atoms with van der Waals surface area (Å²) in [5.41, 5.74) is 6.85. The van der Waals surface area contributed by atoms with Gasteiger partial charge < -0.3 is 10.5 Å². The predicted octanol–water partition coefficient (Wildman–Crippen LogP) is 0.715. The van der Waals surface area contributed by atoms with Gasteiger partial charge in [-0.3, -0.25) is 0 Å². The number of morpholine rings is 1. The van der Waals surface area contributed by atoms with Crippen molar-refractivity contribution < 1.29 is 13.2 Å². The van der Waals surface area contributed by atoms with Gasteiger partial charge in [-0.15, -0.1) is 0 Å². The fourth-order valence-electron chi connectivity index (χ4n) is 2.31. The normalized spacial score (nSPS) is 19.9. The fraction of sp³-hybridized carbons (Fsp3) is 0.467. The predicted molar refractivity (Wildman–Crippen MR) is 81.3 cm³/mol. The van der Waals surface area contributed by atoms with Crippen LogP contribution in [0.3, 0.4) is 0 Å². The fourth-order valence-corrected chi connectivity index (χ4v) is 4.04. The maximum absolute atomic E-state index is 12.9. The molecule has 0 amide bonds. The zero-order valence-electron chi connectivity index (χ0n) is 12.3. The Bertz CT molecular complexity index is 674. The molecule has 0 saturated carbocycles. The first kappa shape index (κ1) is 16.0. The molecule has 1 unspecified atom stereocenters. The molecule has 1 aromatic carbocycles. The van der Waals surface area contributed by atoms with E-state index < -0.39 is 10.0 Å². The summed E-state index contributed by atoms with van der Waals surface area (Å²) in [6.45, 7) is 5.13. The third kappa shape index (κ3) is 3.44. The van der Waals surface area contributed by atoms with Crippen molar-refractivity contribution in [2.75, 3.05) is 26.3 Å². The van der Waals surface area contributed by atoms with Crippen LogP contribution in [0.4, 0.5) is 0 Å². The molecule has 1 atom stereocenters. The van der Waals surface area contributed by atoms with E-state index in [1.54, 1.807) is 18.2 Å².